The topological polar surface area (TPSA) is 52.8 Å². The molecule has 0 amide bonds. The highest BCUT2D eigenvalue weighted by molar-refractivity contribution is 14.0. The van der Waals surface area contributed by atoms with Crippen molar-refractivity contribution in [2.45, 2.75) is 51.4 Å². The summed E-state index contributed by atoms with van der Waals surface area (Å²) in [7, 11) is 0. The van der Waals surface area contributed by atoms with Crippen LogP contribution >= 0.6 is 24.0 Å². The lowest BCUT2D eigenvalue weighted by molar-refractivity contribution is -0.137. The van der Waals surface area contributed by atoms with Crippen molar-refractivity contribution in [1.29, 1.82) is 0 Å². The van der Waals surface area contributed by atoms with Gasteiger partial charge in [-0.25, -0.2) is 4.99 Å². The van der Waals surface area contributed by atoms with Crippen molar-refractivity contribution in [3.8, 4) is 0 Å². The summed E-state index contributed by atoms with van der Waals surface area (Å²) in [6.45, 7) is 6.18. The number of benzene rings is 1. The van der Waals surface area contributed by atoms with Gasteiger partial charge in [-0.15, -0.1) is 24.0 Å². The van der Waals surface area contributed by atoms with E-state index in [1.807, 2.05) is 12.1 Å². The van der Waals surface area contributed by atoms with Crippen molar-refractivity contribution in [1.82, 2.24) is 15.5 Å². The summed E-state index contributed by atoms with van der Waals surface area (Å²) in [5.41, 5.74) is -0.122. The molecule has 178 valence electrons. The van der Waals surface area contributed by atoms with Crippen molar-refractivity contribution >= 4 is 29.9 Å². The zero-order valence-electron chi connectivity index (χ0n) is 18.3. The summed E-state index contributed by atoms with van der Waals surface area (Å²) < 4.78 is 44.3. The van der Waals surface area contributed by atoms with E-state index >= 15 is 0 Å². The molecule has 0 aliphatic carbocycles. The number of rotatable bonds is 8. The van der Waals surface area contributed by atoms with E-state index in [4.69, 9.17) is 4.42 Å². The number of guanidine groups is 1. The number of aliphatic imine (C=N–C) groups is 1. The minimum Gasteiger partial charge on any atom is -0.469 e. The molecule has 0 atom stereocenters. The lowest BCUT2D eigenvalue weighted by Crippen LogP contribution is -2.49. The van der Waals surface area contributed by atoms with E-state index in [9.17, 15) is 13.2 Å². The highest BCUT2D eigenvalue weighted by atomic mass is 127. The fraction of sp³-hybridized carbons (Fsp3) is 0.522. The van der Waals surface area contributed by atoms with Crippen molar-refractivity contribution in [3.63, 3.8) is 0 Å². The molecule has 5 nitrogen and oxygen atoms in total. The maximum absolute atomic E-state index is 13.0. The third-order valence-electron chi connectivity index (χ3n) is 5.39. The molecule has 2 heterocycles. The molecule has 1 saturated heterocycles. The molecule has 0 unspecified atom stereocenters. The Morgan fingerprint density at radius 3 is 2.62 bits per heavy atom. The largest absolute Gasteiger partial charge is 0.469 e. The molecule has 0 saturated carbocycles. The van der Waals surface area contributed by atoms with Gasteiger partial charge in [0.2, 0.25) is 0 Å². The van der Waals surface area contributed by atoms with Gasteiger partial charge < -0.3 is 20.0 Å². The minimum absolute atomic E-state index is 0. The summed E-state index contributed by atoms with van der Waals surface area (Å²) in [5.74, 6) is 1.50. The number of furan rings is 1. The minimum atomic E-state index is -4.35. The molecule has 2 N–H and O–H groups in total. The number of hydrogen-bond acceptors (Lipinski definition) is 3. The predicted molar refractivity (Wildman–Crippen MR) is 131 cm³/mol. The van der Waals surface area contributed by atoms with E-state index < -0.39 is 11.7 Å². The van der Waals surface area contributed by atoms with Crippen molar-refractivity contribution in [3.05, 3.63) is 59.5 Å². The van der Waals surface area contributed by atoms with Crippen LogP contribution in [0.15, 0.2) is 52.1 Å². The van der Waals surface area contributed by atoms with Crippen molar-refractivity contribution in [2.24, 2.45) is 4.99 Å². The zero-order valence-corrected chi connectivity index (χ0v) is 20.7. The van der Waals surface area contributed by atoms with Gasteiger partial charge in [-0.05, 0) is 55.6 Å². The third kappa shape index (κ3) is 8.65. The van der Waals surface area contributed by atoms with E-state index in [0.29, 0.717) is 30.5 Å². The number of alkyl halides is 3. The normalized spacial score (nSPS) is 15.9. The van der Waals surface area contributed by atoms with Crippen LogP contribution in [-0.2, 0) is 19.1 Å². The van der Waals surface area contributed by atoms with Crippen LogP contribution in [-0.4, -0.2) is 43.1 Å². The molecule has 32 heavy (non-hydrogen) atoms. The standard InChI is InChI=1S/C23H31F3N4O.HI/c1-2-12-30-13-9-20(10-14-30)29-22(27-11-8-21-7-4-15-31-21)28-17-18-5-3-6-19(16-18)23(24,25)26;/h3-7,15-16,20H,2,8-14,17H2,1H3,(H2,27,28,29);1H. The first-order valence-electron chi connectivity index (χ1n) is 10.9. The van der Waals surface area contributed by atoms with Crippen LogP contribution in [0.2, 0.25) is 0 Å². The first-order chi connectivity index (χ1) is 14.9. The second kappa shape index (κ2) is 13.1. The Labute approximate surface area is 204 Å². The number of likely N-dealkylation sites (tertiary alicyclic amines) is 1. The van der Waals surface area contributed by atoms with Gasteiger partial charge in [-0.3, -0.25) is 0 Å². The van der Waals surface area contributed by atoms with Crippen LogP contribution in [0.1, 0.15) is 43.1 Å². The average molecular weight is 564 g/mol. The number of piperidine rings is 1. The second-order valence-electron chi connectivity index (χ2n) is 7.88. The van der Waals surface area contributed by atoms with Crippen molar-refractivity contribution < 1.29 is 17.6 Å². The van der Waals surface area contributed by atoms with Crippen molar-refractivity contribution in [2.75, 3.05) is 26.2 Å². The number of halogens is 4. The van der Waals surface area contributed by atoms with Crippen LogP contribution in [0.4, 0.5) is 13.2 Å². The summed E-state index contributed by atoms with van der Waals surface area (Å²) >= 11 is 0. The first kappa shape index (κ1) is 26.5. The van der Waals surface area contributed by atoms with Gasteiger partial charge in [-0.2, -0.15) is 13.2 Å². The van der Waals surface area contributed by atoms with Gasteiger partial charge >= 0.3 is 6.18 Å². The SMILES string of the molecule is CCCN1CCC(NC(=NCc2cccc(C(F)(F)F)c2)NCCc2ccco2)CC1.I. The van der Waals surface area contributed by atoms with Crippen LogP contribution in [0.3, 0.4) is 0 Å². The molecule has 0 radical (unpaired) electrons. The molecular weight excluding hydrogens is 532 g/mol. The second-order valence-corrected chi connectivity index (χ2v) is 7.88. The molecule has 1 aliphatic heterocycles. The molecular formula is C23H32F3IN4O. The van der Waals surface area contributed by atoms with E-state index in [2.05, 4.69) is 27.4 Å². The van der Waals surface area contributed by atoms with E-state index in [-0.39, 0.29) is 30.5 Å². The summed E-state index contributed by atoms with van der Waals surface area (Å²) in [6.07, 6.45) is 1.17. The quantitative estimate of drug-likeness (QED) is 0.267. The first-order valence-corrected chi connectivity index (χ1v) is 10.9. The van der Waals surface area contributed by atoms with E-state index in [0.717, 1.165) is 56.8 Å². The van der Waals surface area contributed by atoms with Gasteiger partial charge in [0.15, 0.2) is 5.96 Å². The Bertz CT molecular complexity index is 819. The monoisotopic (exact) mass is 564 g/mol. The molecule has 1 aliphatic rings. The molecule has 0 bridgehead atoms. The van der Waals surface area contributed by atoms with Crippen LogP contribution in [0.5, 0.6) is 0 Å². The number of nitrogens with zero attached hydrogens (tertiary/aromatic N) is 2. The predicted octanol–water partition coefficient (Wildman–Crippen LogP) is 5.07. The number of nitrogens with one attached hydrogen (secondary N) is 2. The van der Waals surface area contributed by atoms with Gasteiger partial charge in [0.25, 0.3) is 0 Å². The fourth-order valence-electron chi connectivity index (χ4n) is 3.74. The number of hydrogen-bond donors (Lipinski definition) is 2. The third-order valence-corrected chi connectivity index (χ3v) is 5.39. The van der Waals surface area contributed by atoms with Gasteiger partial charge in [0.1, 0.15) is 5.76 Å². The Morgan fingerprint density at radius 1 is 1.19 bits per heavy atom. The smallest absolute Gasteiger partial charge is 0.416 e. The average Bonchev–Trinajstić information content (AvgIpc) is 3.26. The highest BCUT2D eigenvalue weighted by Gasteiger charge is 2.30. The maximum atomic E-state index is 13.0. The Balaban J connectivity index is 0.00000363. The molecule has 0 spiro atoms. The van der Waals surface area contributed by atoms with Gasteiger partial charge in [0, 0.05) is 32.1 Å². The maximum Gasteiger partial charge on any atom is 0.416 e. The highest BCUT2D eigenvalue weighted by Crippen LogP contribution is 2.29. The molecule has 1 fully saturated rings. The summed E-state index contributed by atoms with van der Waals surface area (Å²) in [5, 5.41) is 6.77. The Hall–Kier alpha value is -1.75. The molecule has 9 heteroatoms. The van der Waals surface area contributed by atoms with Crippen LogP contribution < -0.4 is 10.6 Å². The summed E-state index contributed by atoms with van der Waals surface area (Å²) in [4.78, 5) is 7.03. The van der Waals surface area contributed by atoms with Crippen LogP contribution in [0, 0.1) is 0 Å². The molecule has 2 aromatic rings. The fourth-order valence-corrected chi connectivity index (χ4v) is 3.74. The lowest BCUT2D eigenvalue weighted by Gasteiger charge is -2.32. The zero-order chi connectivity index (χ0) is 22.1. The van der Waals surface area contributed by atoms with E-state index in [1.165, 1.54) is 6.07 Å². The van der Waals surface area contributed by atoms with E-state index in [1.54, 1.807) is 12.3 Å². The van der Waals surface area contributed by atoms with Gasteiger partial charge in [0.05, 0.1) is 18.4 Å². The molecule has 3 rings (SSSR count). The Kier molecular flexibility index (Phi) is 10.8. The Morgan fingerprint density at radius 2 is 1.97 bits per heavy atom. The van der Waals surface area contributed by atoms with Gasteiger partial charge in [-0.1, -0.05) is 19.1 Å². The molecule has 1 aromatic carbocycles. The van der Waals surface area contributed by atoms with Crippen LogP contribution in [0.25, 0.3) is 0 Å². The summed E-state index contributed by atoms with van der Waals surface area (Å²) in [6, 6.07) is 9.39. The lowest BCUT2D eigenvalue weighted by atomic mass is 10.1. The molecule has 1 aromatic heterocycles.